The van der Waals surface area contributed by atoms with Gasteiger partial charge in [-0.25, -0.2) is 0 Å². The van der Waals surface area contributed by atoms with Crippen LogP contribution >= 0.6 is 24.0 Å². The van der Waals surface area contributed by atoms with Crippen LogP contribution in [0.15, 0.2) is 9.70 Å². The topological polar surface area (TPSA) is 72.6 Å². The van der Waals surface area contributed by atoms with Gasteiger partial charge < -0.3 is 9.80 Å². The van der Waals surface area contributed by atoms with Gasteiger partial charge in [0.25, 0.3) is 11.5 Å². The highest BCUT2D eigenvalue weighted by Gasteiger charge is 2.38. The number of nitrogens with zero attached hydrogens (tertiary/aromatic N) is 5. The lowest BCUT2D eigenvalue weighted by atomic mass is 9.94. The highest BCUT2D eigenvalue weighted by atomic mass is 32.2. The van der Waals surface area contributed by atoms with Gasteiger partial charge in [0.2, 0.25) is 0 Å². The van der Waals surface area contributed by atoms with Gasteiger partial charge in [-0.2, -0.15) is 5.26 Å². The molecule has 2 saturated heterocycles. The van der Waals surface area contributed by atoms with Crippen molar-refractivity contribution in [2.24, 2.45) is 0 Å². The zero-order chi connectivity index (χ0) is 25.1. The number of piperazine rings is 1. The Bertz CT molecular complexity index is 1120. The van der Waals surface area contributed by atoms with Crippen LogP contribution in [0.4, 0.5) is 5.82 Å². The van der Waals surface area contributed by atoms with Crippen LogP contribution in [0.2, 0.25) is 0 Å². The van der Waals surface area contributed by atoms with Gasteiger partial charge in [-0.3, -0.25) is 19.1 Å². The summed E-state index contributed by atoms with van der Waals surface area (Å²) in [6.07, 6.45) is 8.12. The molecule has 3 fully saturated rings. The van der Waals surface area contributed by atoms with Crippen LogP contribution in [-0.4, -0.2) is 63.4 Å². The zero-order valence-corrected chi connectivity index (χ0v) is 22.6. The number of thiocarbonyl (C=S) groups is 1. The summed E-state index contributed by atoms with van der Waals surface area (Å²) < 4.78 is 2.37. The number of carbonyl (C=O) groups is 1. The fourth-order valence-electron chi connectivity index (χ4n) is 5.46. The predicted octanol–water partition coefficient (Wildman–Crippen LogP) is 4.11. The lowest BCUT2D eigenvalue weighted by Gasteiger charge is -2.37. The summed E-state index contributed by atoms with van der Waals surface area (Å²) >= 11 is 7.00. The Balaban J connectivity index is 1.81. The fourth-order valence-corrected chi connectivity index (χ4v) is 6.84. The maximum atomic E-state index is 13.5. The minimum absolute atomic E-state index is 0.0419. The van der Waals surface area contributed by atoms with Gasteiger partial charge >= 0.3 is 0 Å². The molecule has 188 valence electrons. The van der Waals surface area contributed by atoms with E-state index < -0.39 is 0 Å². The van der Waals surface area contributed by atoms with E-state index in [0.29, 0.717) is 21.3 Å². The number of nitriles is 1. The number of amides is 1. The Hall–Kier alpha value is -2.15. The molecule has 35 heavy (non-hydrogen) atoms. The molecule has 0 bridgehead atoms. The normalized spacial score (nSPS) is 21.3. The molecular weight excluding hydrogens is 478 g/mol. The van der Waals surface area contributed by atoms with E-state index in [1.54, 1.807) is 4.57 Å². The van der Waals surface area contributed by atoms with E-state index in [1.165, 1.54) is 18.2 Å². The van der Waals surface area contributed by atoms with Crippen molar-refractivity contribution in [1.29, 1.82) is 5.26 Å². The highest BCUT2D eigenvalue weighted by Crippen LogP contribution is 2.39. The van der Waals surface area contributed by atoms with Crippen molar-refractivity contribution in [3.63, 3.8) is 0 Å². The van der Waals surface area contributed by atoms with Crippen LogP contribution in [0.1, 0.15) is 69.1 Å². The number of rotatable bonds is 6. The molecule has 3 heterocycles. The standard InChI is InChI=1S/C26H35N5O2S2/c1-4-11-30-23(29-14-12-28(5-2)13-15-29)20(18(3)21(17-27)24(30)32)16-22-25(33)31(26(34)35-22)19-9-7-6-8-10-19/h16,19H,4-15H2,1-3H3/b22-16-. The number of thioether (sulfide) groups is 1. The molecule has 3 aliphatic rings. The van der Waals surface area contributed by atoms with Crippen molar-refractivity contribution in [3.05, 3.63) is 31.9 Å². The molecule has 1 saturated carbocycles. The van der Waals surface area contributed by atoms with E-state index in [2.05, 4.69) is 22.8 Å². The molecular formula is C26H35N5O2S2. The second kappa shape index (κ2) is 11.3. The zero-order valence-electron chi connectivity index (χ0n) is 21.0. The smallest absolute Gasteiger partial charge is 0.270 e. The van der Waals surface area contributed by atoms with Crippen molar-refractivity contribution >= 4 is 46.1 Å². The maximum absolute atomic E-state index is 13.5. The summed E-state index contributed by atoms with van der Waals surface area (Å²) in [5, 5.41) is 9.85. The lowest BCUT2D eigenvalue weighted by Crippen LogP contribution is -2.48. The Labute approximate surface area is 217 Å². The molecule has 0 N–H and O–H groups in total. The summed E-state index contributed by atoms with van der Waals surface area (Å²) in [5.74, 6) is 0.784. The summed E-state index contributed by atoms with van der Waals surface area (Å²) in [7, 11) is 0. The van der Waals surface area contributed by atoms with E-state index >= 15 is 0 Å². The molecule has 2 aliphatic heterocycles. The molecule has 0 radical (unpaired) electrons. The molecule has 0 spiro atoms. The second-order valence-electron chi connectivity index (χ2n) is 9.57. The van der Waals surface area contributed by atoms with Crippen LogP contribution in [0.3, 0.4) is 0 Å². The predicted molar refractivity (Wildman–Crippen MR) is 147 cm³/mol. The minimum Gasteiger partial charge on any atom is -0.355 e. The summed E-state index contributed by atoms with van der Waals surface area (Å²) in [6.45, 7) is 11.0. The summed E-state index contributed by atoms with van der Waals surface area (Å²) in [5.41, 5.74) is 1.35. The molecule has 0 aromatic carbocycles. The van der Waals surface area contributed by atoms with Gasteiger partial charge in [0.15, 0.2) is 0 Å². The van der Waals surface area contributed by atoms with Gasteiger partial charge in [-0.05, 0) is 44.4 Å². The van der Waals surface area contributed by atoms with Crippen LogP contribution in [-0.2, 0) is 11.3 Å². The molecule has 4 rings (SSSR count). The molecule has 1 aromatic rings. The van der Waals surface area contributed by atoms with Gasteiger partial charge in [0.1, 0.15) is 21.8 Å². The molecule has 1 amide bonds. The molecule has 1 aromatic heterocycles. The van der Waals surface area contributed by atoms with E-state index in [1.807, 2.05) is 24.8 Å². The Morgan fingerprint density at radius 3 is 2.40 bits per heavy atom. The number of pyridine rings is 1. The molecule has 7 nitrogen and oxygen atoms in total. The molecule has 1 aliphatic carbocycles. The molecule has 0 atom stereocenters. The lowest BCUT2D eigenvalue weighted by molar-refractivity contribution is -0.124. The van der Waals surface area contributed by atoms with E-state index in [9.17, 15) is 14.9 Å². The monoisotopic (exact) mass is 513 g/mol. The Morgan fingerprint density at radius 1 is 1.11 bits per heavy atom. The van der Waals surface area contributed by atoms with E-state index in [0.717, 1.165) is 76.2 Å². The third kappa shape index (κ3) is 5.07. The number of likely N-dealkylation sites (N-methyl/N-ethyl adjacent to an activating group) is 1. The first kappa shape index (κ1) is 25.9. The average Bonchev–Trinajstić information content (AvgIpc) is 3.15. The quantitative estimate of drug-likeness (QED) is 0.419. The Kier molecular flexibility index (Phi) is 8.35. The van der Waals surface area contributed by atoms with Gasteiger partial charge in [-0.15, -0.1) is 0 Å². The maximum Gasteiger partial charge on any atom is 0.270 e. The first-order valence-corrected chi connectivity index (χ1v) is 14.1. The second-order valence-corrected chi connectivity index (χ2v) is 11.2. The van der Waals surface area contributed by atoms with E-state index in [-0.39, 0.29) is 23.1 Å². The van der Waals surface area contributed by atoms with Crippen molar-refractivity contribution in [3.8, 4) is 6.07 Å². The average molecular weight is 514 g/mol. The summed E-state index contributed by atoms with van der Waals surface area (Å²) in [6, 6.07) is 2.31. The van der Waals surface area contributed by atoms with Gasteiger partial charge in [-0.1, -0.05) is 57.1 Å². The van der Waals surface area contributed by atoms with Crippen LogP contribution in [0, 0.1) is 18.3 Å². The molecule has 0 unspecified atom stereocenters. The Morgan fingerprint density at radius 2 is 1.80 bits per heavy atom. The fraction of sp³-hybridized carbons (Fsp3) is 0.615. The summed E-state index contributed by atoms with van der Waals surface area (Å²) in [4.78, 5) is 33.9. The van der Waals surface area contributed by atoms with E-state index in [4.69, 9.17) is 12.2 Å². The largest absolute Gasteiger partial charge is 0.355 e. The highest BCUT2D eigenvalue weighted by molar-refractivity contribution is 8.26. The molecule has 9 heteroatoms. The third-order valence-electron chi connectivity index (χ3n) is 7.45. The SMILES string of the molecule is CCCn1c(N2CCN(CC)CC2)c(/C=C2\SC(=S)N(C3CCCCC3)C2=O)c(C)c(C#N)c1=O. The number of hydrogen-bond donors (Lipinski definition) is 0. The number of aromatic nitrogens is 1. The number of anilines is 1. The number of carbonyl (C=O) groups excluding carboxylic acids is 1. The van der Waals surface area contributed by atoms with Crippen molar-refractivity contribution in [2.45, 2.75) is 71.9 Å². The van der Waals surface area contributed by atoms with Crippen LogP contribution in [0.25, 0.3) is 6.08 Å². The van der Waals surface area contributed by atoms with Crippen molar-refractivity contribution in [2.75, 3.05) is 37.6 Å². The first-order chi connectivity index (χ1) is 16.9. The number of hydrogen-bond acceptors (Lipinski definition) is 7. The van der Waals surface area contributed by atoms with Crippen molar-refractivity contribution in [1.82, 2.24) is 14.4 Å². The minimum atomic E-state index is -0.244. The van der Waals surface area contributed by atoms with Gasteiger partial charge in [0, 0.05) is 44.3 Å². The first-order valence-electron chi connectivity index (χ1n) is 12.8. The van der Waals surface area contributed by atoms with Gasteiger partial charge in [0.05, 0.1) is 4.91 Å². The van der Waals surface area contributed by atoms with Crippen LogP contribution in [0.5, 0.6) is 0 Å². The van der Waals surface area contributed by atoms with Crippen molar-refractivity contribution < 1.29 is 4.79 Å². The van der Waals surface area contributed by atoms with Crippen LogP contribution < -0.4 is 10.5 Å². The third-order valence-corrected chi connectivity index (χ3v) is 8.78.